The van der Waals surface area contributed by atoms with Crippen molar-refractivity contribution in [2.24, 2.45) is 0 Å². The van der Waals surface area contributed by atoms with Crippen molar-refractivity contribution in [2.45, 2.75) is 13.8 Å². The number of esters is 1. The summed E-state index contributed by atoms with van der Waals surface area (Å²) in [4.78, 5) is 37.1. The second-order valence-electron chi connectivity index (χ2n) is 3.66. The van der Waals surface area contributed by atoms with Crippen molar-refractivity contribution >= 4 is 16.9 Å². The SMILES string of the molecule is CCOC(=O)c1cc2c(C)n[nH]c(=O)c2[nH]c1=O. The Hall–Kier alpha value is -2.44. The first kappa shape index (κ1) is 12.0. The molecule has 2 N–H and O–H groups in total. The van der Waals surface area contributed by atoms with Crippen LogP contribution >= 0.6 is 0 Å². The van der Waals surface area contributed by atoms with E-state index in [1.807, 2.05) is 0 Å². The lowest BCUT2D eigenvalue weighted by Gasteiger charge is -2.03. The predicted molar refractivity (Wildman–Crippen MR) is 63.7 cm³/mol. The molecule has 2 rings (SSSR count). The fourth-order valence-corrected chi connectivity index (χ4v) is 1.61. The summed E-state index contributed by atoms with van der Waals surface area (Å²) in [6.45, 7) is 3.47. The van der Waals surface area contributed by atoms with Gasteiger partial charge in [-0.25, -0.2) is 9.89 Å². The van der Waals surface area contributed by atoms with E-state index in [4.69, 9.17) is 4.74 Å². The molecule has 0 radical (unpaired) electrons. The van der Waals surface area contributed by atoms with Gasteiger partial charge in [0.05, 0.1) is 12.3 Å². The third-order valence-electron chi connectivity index (χ3n) is 2.48. The molecule has 0 aliphatic heterocycles. The Morgan fingerprint density at radius 1 is 1.39 bits per heavy atom. The van der Waals surface area contributed by atoms with Gasteiger partial charge in [-0.3, -0.25) is 9.59 Å². The summed E-state index contributed by atoms with van der Waals surface area (Å²) < 4.78 is 4.76. The number of hydrogen-bond donors (Lipinski definition) is 2. The van der Waals surface area contributed by atoms with Crippen LogP contribution in [-0.2, 0) is 4.74 Å². The van der Waals surface area contributed by atoms with Crippen LogP contribution < -0.4 is 11.1 Å². The number of carbonyl (C=O) groups excluding carboxylic acids is 1. The van der Waals surface area contributed by atoms with Crippen molar-refractivity contribution in [1.82, 2.24) is 15.2 Å². The van der Waals surface area contributed by atoms with Gasteiger partial charge in [-0.2, -0.15) is 5.10 Å². The van der Waals surface area contributed by atoms with E-state index in [1.54, 1.807) is 13.8 Å². The summed E-state index contributed by atoms with van der Waals surface area (Å²) in [6, 6.07) is 1.32. The number of fused-ring (bicyclic) bond motifs is 1. The summed E-state index contributed by atoms with van der Waals surface area (Å²) in [6.07, 6.45) is 0. The monoisotopic (exact) mass is 249 g/mol. The van der Waals surface area contributed by atoms with Gasteiger partial charge in [-0.15, -0.1) is 0 Å². The lowest BCUT2D eigenvalue weighted by Crippen LogP contribution is -2.23. The minimum Gasteiger partial charge on any atom is -0.462 e. The highest BCUT2D eigenvalue weighted by Crippen LogP contribution is 2.10. The van der Waals surface area contributed by atoms with Crippen LogP contribution in [0.2, 0.25) is 0 Å². The minimum atomic E-state index is -0.722. The summed E-state index contributed by atoms with van der Waals surface area (Å²) in [5, 5.41) is 6.44. The normalized spacial score (nSPS) is 10.6. The third-order valence-corrected chi connectivity index (χ3v) is 2.48. The smallest absolute Gasteiger partial charge is 0.343 e. The number of nitrogens with one attached hydrogen (secondary N) is 2. The molecule has 0 unspecified atom stereocenters. The van der Waals surface area contributed by atoms with Crippen LogP contribution in [-0.4, -0.2) is 27.8 Å². The lowest BCUT2D eigenvalue weighted by molar-refractivity contribution is 0.0524. The molecular weight excluding hydrogens is 238 g/mol. The van der Waals surface area contributed by atoms with Crippen molar-refractivity contribution in [3.05, 3.63) is 38.0 Å². The molecule has 94 valence electrons. The number of aromatic amines is 2. The molecule has 7 nitrogen and oxygen atoms in total. The summed E-state index contributed by atoms with van der Waals surface area (Å²) in [7, 11) is 0. The highest BCUT2D eigenvalue weighted by molar-refractivity contribution is 5.93. The summed E-state index contributed by atoms with van der Waals surface area (Å²) in [5.74, 6) is -0.722. The predicted octanol–water partition coefficient (Wildman–Crippen LogP) is 0.0965. The first-order valence-electron chi connectivity index (χ1n) is 5.34. The number of carbonyl (C=O) groups is 1. The van der Waals surface area contributed by atoms with Crippen LogP contribution in [0.4, 0.5) is 0 Å². The van der Waals surface area contributed by atoms with Crippen molar-refractivity contribution in [2.75, 3.05) is 6.61 Å². The molecule has 0 amide bonds. The molecule has 2 aromatic rings. The van der Waals surface area contributed by atoms with Gasteiger partial charge in [0, 0.05) is 5.39 Å². The Balaban J connectivity index is 2.76. The molecule has 0 aliphatic rings. The van der Waals surface area contributed by atoms with E-state index in [1.165, 1.54) is 6.07 Å². The first-order valence-corrected chi connectivity index (χ1v) is 5.34. The molecule has 0 aliphatic carbocycles. The maximum atomic E-state index is 11.7. The van der Waals surface area contributed by atoms with Gasteiger partial charge in [0.15, 0.2) is 0 Å². The number of H-pyrrole nitrogens is 2. The second-order valence-corrected chi connectivity index (χ2v) is 3.66. The van der Waals surface area contributed by atoms with Crippen molar-refractivity contribution in [3.8, 4) is 0 Å². The second kappa shape index (κ2) is 4.44. The van der Waals surface area contributed by atoms with E-state index in [2.05, 4.69) is 15.2 Å². The van der Waals surface area contributed by atoms with E-state index >= 15 is 0 Å². The van der Waals surface area contributed by atoms with Crippen LogP contribution in [0.5, 0.6) is 0 Å². The molecule has 0 bridgehead atoms. The zero-order valence-electron chi connectivity index (χ0n) is 9.86. The fourth-order valence-electron chi connectivity index (χ4n) is 1.61. The molecule has 0 spiro atoms. The number of aryl methyl sites for hydroxylation is 1. The number of ether oxygens (including phenoxy) is 1. The average molecular weight is 249 g/mol. The first-order chi connectivity index (χ1) is 8.54. The largest absolute Gasteiger partial charge is 0.462 e. The molecule has 2 aromatic heterocycles. The van der Waals surface area contributed by atoms with E-state index < -0.39 is 17.1 Å². The minimum absolute atomic E-state index is 0.0977. The standard InChI is InChI=1S/C11H11N3O4/c1-3-18-11(17)7-4-6-5(2)13-14-10(16)8(6)12-9(7)15/h4H,3H2,1-2H3,(H,12,15)(H,14,16). The molecule has 18 heavy (non-hydrogen) atoms. The number of pyridine rings is 1. The van der Waals surface area contributed by atoms with Gasteiger partial charge in [-0.05, 0) is 19.9 Å². The van der Waals surface area contributed by atoms with Gasteiger partial charge in [0.25, 0.3) is 11.1 Å². The van der Waals surface area contributed by atoms with E-state index in [9.17, 15) is 14.4 Å². The van der Waals surface area contributed by atoms with E-state index in [0.29, 0.717) is 11.1 Å². The highest BCUT2D eigenvalue weighted by atomic mass is 16.5. The molecule has 2 heterocycles. The van der Waals surface area contributed by atoms with E-state index in [-0.39, 0.29) is 17.7 Å². The molecule has 0 fully saturated rings. The average Bonchev–Trinajstić information content (AvgIpc) is 2.34. The van der Waals surface area contributed by atoms with Crippen LogP contribution in [0.15, 0.2) is 15.7 Å². The molecule has 0 saturated heterocycles. The Kier molecular flexibility index (Phi) is 2.97. The molecule has 0 aromatic carbocycles. The van der Waals surface area contributed by atoms with Crippen LogP contribution in [0, 0.1) is 6.92 Å². The van der Waals surface area contributed by atoms with Gasteiger partial charge in [0.1, 0.15) is 11.1 Å². The Morgan fingerprint density at radius 2 is 2.11 bits per heavy atom. The maximum absolute atomic E-state index is 11.7. The zero-order valence-corrected chi connectivity index (χ0v) is 9.86. The Labute approximate surface area is 101 Å². The quantitative estimate of drug-likeness (QED) is 0.734. The molecular formula is C11H11N3O4. The van der Waals surface area contributed by atoms with Crippen LogP contribution in [0.25, 0.3) is 10.9 Å². The number of hydrogen-bond acceptors (Lipinski definition) is 5. The zero-order chi connectivity index (χ0) is 13.3. The van der Waals surface area contributed by atoms with Crippen molar-refractivity contribution in [1.29, 1.82) is 0 Å². The van der Waals surface area contributed by atoms with Crippen LogP contribution in [0.1, 0.15) is 23.0 Å². The van der Waals surface area contributed by atoms with Gasteiger partial charge >= 0.3 is 5.97 Å². The van der Waals surface area contributed by atoms with Crippen molar-refractivity contribution in [3.63, 3.8) is 0 Å². The van der Waals surface area contributed by atoms with Gasteiger partial charge in [0.2, 0.25) is 0 Å². The topological polar surface area (TPSA) is 105 Å². The fraction of sp³-hybridized carbons (Fsp3) is 0.273. The Morgan fingerprint density at radius 3 is 2.78 bits per heavy atom. The number of rotatable bonds is 2. The third kappa shape index (κ3) is 1.90. The van der Waals surface area contributed by atoms with Crippen molar-refractivity contribution < 1.29 is 9.53 Å². The molecule has 0 saturated carbocycles. The van der Waals surface area contributed by atoms with Gasteiger partial charge in [-0.1, -0.05) is 0 Å². The number of nitrogens with zero attached hydrogens (tertiary/aromatic N) is 1. The Bertz CT molecular complexity index is 729. The summed E-state index contributed by atoms with van der Waals surface area (Å²) >= 11 is 0. The molecule has 0 atom stereocenters. The van der Waals surface area contributed by atoms with E-state index in [0.717, 1.165) is 0 Å². The van der Waals surface area contributed by atoms with Crippen LogP contribution in [0.3, 0.4) is 0 Å². The molecule has 7 heteroatoms. The number of aromatic nitrogens is 3. The summed E-state index contributed by atoms with van der Waals surface area (Å²) in [5.41, 5.74) is -0.702. The highest BCUT2D eigenvalue weighted by Gasteiger charge is 2.15. The van der Waals surface area contributed by atoms with Gasteiger partial charge < -0.3 is 9.72 Å². The lowest BCUT2D eigenvalue weighted by atomic mass is 10.1. The maximum Gasteiger partial charge on any atom is 0.343 e.